The Labute approximate surface area is 63.4 Å². The highest BCUT2D eigenvalue weighted by Gasteiger charge is 2.30. The molecule has 1 saturated carbocycles. The summed E-state index contributed by atoms with van der Waals surface area (Å²) < 4.78 is 0. The Morgan fingerprint density at radius 1 is 1.00 bits per heavy atom. The molecule has 1 rings (SSSR count). The van der Waals surface area contributed by atoms with Crippen LogP contribution in [0.3, 0.4) is 0 Å². The molecule has 60 valence electrons. The van der Waals surface area contributed by atoms with Crippen LogP contribution in [0.5, 0.6) is 0 Å². The molecular weight excluding hydrogens is 124 g/mol. The van der Waals surface area contributed by atoms with Crippen LogP contribution in [-0.4, -0.2) is 11.2 Å². The fourth-order valence-corrected chi connectivity index (χ4v) is 1.81. The average molecular weight is 142 g/mol. The van der Waals surface area contributed by atoms with E-state index in [1.54, 1.807) is 0 Å². The summed E-state index contributed by atoms with van der Waals surface area (Å²) in [6.45, 7) is 6.54. The van der Waals surface area contributed by atoms with Crippen molar-refractivity contribution in [3.05, 3.63) is 0 Å². The first-order valence-corrected chi connectivity index (χ1v) is 4.31. The average Bonchev–Trinajstić information content (AvgIpc) is 1.93. The third-order valence-corrected chi connectivity index (χ3v) is 3.10. The normalized spacial score (nSPS) is 49.2. The van der Waals surface area contributed by atoms with Crippen molar-refractivity contribution in [1.82, 2.24) is 0 Å². The van der Waals surface area contributed by atoms with E-state index >= 15 is 0 Å². The Bertz CT molecular complexity index is 97.3. The van der Waals surface area contributed by atoms with E-state index in [0.717, 1.165) is 0 Å². The smallest absolute Gasteiger partial charge is 0.0593 e. The molecule has 0 bridgehead atoms. The van der Waals surface area contributed by atoms with Gasteiger partial charge in [-0.2, -0.15) is 0 Å². The minimum Gasteiger partial charge on any atom is -0.393 e. The van der Waals surface area contributed by atoms with Gasteiger partial charge in [-0.25, -0.2) is 0 Å². The van der Waals surface area contributed by atoms with Crippen LogP contribution < -0.4 is 0 Å². The van der Waals surface area contributed by atoms with Crippen molar-refractivity contribution >= 4 is 0 Å². The van der Waals surface area contributed by atoms with Gasteiger partial charge in [0.05, 0.1) is 6.10 Å². The molecule has 0 heterocycles. The summed E-state index contributed by atoms with van der Waals surface area (Å²) in [4.78, 5) is 0. The van der Waals surface area contributed by atoms with Crippen LogP contribution in [0.15, 0.2) is 0 Å². The van der Waals surface area contributed by atoms with Gasteiger partial charge in [0.1, 0.15) is 0 Å². The zero-order valence-electron chi connectivity index (χ0n) is 7.17. The lowest BCUT2D eigenvalue weighted by Crippen LogP contribution is -2.34. The Morgan fingerprint density at radius 2 is 1.50 bits per heavy atom. The van der Waals surface area contributed by atoms with E-state index in [4.69, 9.17) is 0 Å². The van der Waals surface area contributed by atoms with Crippen LogP contribution in [-0.2, 0) is 0 Å². The largest absolute Gasteiger partial charge is 0.393 e. The lowest BCUT2D eigenvalue weighted by molar-refractivity contribution is 0.00602. The predicted molar refractivity (Wildman–Crippen MR) is 42.7 cm³/mol. The third-order valence-electron chi connectivity index (χ3n) is 3.10. The fraction of sp³-hybridized carbons (Fsp3) is 1.00. The summed E-state index contributed by atoms with van der Waals surface area (Å²) in [7, 11) is 0. The molecule has 1 heteroatoms. The summed E-state index contributed by atoms with van der Waals surface area (Å²) >= 11 is 0. The molecule has 0 aromatic heterocycles. The van der Waals surface area contributed by atoms with Crippen LogP contribution in [0, 0.1) is 17.8 Å². The van der Waals surface area contributed by atoms with Gasteiger partial charge < -0.3 is 5.11 Å². The Hall–Kier alpha value is -0.0400. The van der Waals surface area contributed by atoms with Crippen LogP contribution in [0.4, 0.5) is 0 Å². The van der Waals surface area contributed by atoms with Gasteiger partial charge in [-0.3, -0.25) is 0 Å². The molecule has 0 spiro atoms. The molecule has 4 atom stereocenters. The minimum atomic E-state index is -0.0521. The molecule has 0 radical (unpaired) electrons. The number of hydrogen-bond donors (Lipinski definition) is 1. The highest BCUT2D eigenvalue weighted by molar-refractivity contribution is 4.80. The second-order valence-corrected chi connectivity index (χ2v) is 3.88. The SMILES string of the molecule is C[C@H]1[C@H](O)[C@@H](C)CC[C@H]1C. The van der Waals surface area contributed by atoms with Crippen LogP contribution in [0.1, 0.15) is 33.6 Å². The van der Waals surface area contributed by atoms with Crippen molar-refractivity contribution in [3.8, 4) is 0 Å². The van der Waals surface area contributed by atoms with Gasteiger partial charge in [0.15, 0.2) is 0 Å². The molecule has 0 saturated heterocycles. The predicted octanol–water partition coefficient (Wildman–Crippen LogP) is 2.05. The van der Waals surface area contributed by atoms with Crippen molar-refractivity contribution in [2.24, 2.45) is 17.8 Å². The van der Waals surface area contributed by atoms with Gasteiger partial charge in [-0.15, -0.1) is 0 Å². The van der Waals surface area contributed by atoms with Crippen LogP contribution in [0.25, 0.3) is 0 Å². The van der Waals surface area contributed by atoms with Crippen molar-refractivity contribution in [3.63, 3.8) is 0 Å². The first-order valence-electron chi connectivity index (χ1n) is 4.31. The molecule has 10 heavy (non-hydrogen) atoms. The van der Waals surface area contributed by atoms with Crippen molar-refractivity contribution in [2.45, 2.75) is 39.7 Å². The number of hydrogen-bond acceptors (Lipinski definition) is 1. The summed E-state index contributed by atoms with van der Waals surface area (Å²) in [5, 5.41) is 9.62. The summed E-state index contributed by atoms with van der Waals surface area (Å²) in [5.41, 5.74) is 0. The molecule has 1 N–H and O–H groups in total. The topological polar surface area (TPSA) is 20.2 Å². The number of rotatable bonds is 0. The van der Waals surface area contributed by atoms with Crippen LogP contribution >= 0.6 is 0 Å². The van der Waals surface area contributed by atoms with Crippen LogP contribution in [0.2, 0.25) is 0 Å². The second-order valence-electron chi connectivity index (χ2n) is 3.88. The molecule has 0 aromatic carbocycles. The molecule has 0 aromatic rings. The highest BCUT2D eigenvalue weighted by Crippen LogP contribution is 2.32. The Kier molecular flexibility index (Phi) is 2.35. The molecular formula is C9H18O. The van der Waals surface area contributed by atoms with Gasteiger partial charge in [0, 0.05) is 0 Å². The van der Waals surface area contributed by atoms with E-state index in [-0.39, 0.29) is 6.10 Å². The van der Waals surface area contributed by atoms with E-state index in [0.29, 0.717) is 17.8 Å². The highest BCUT2D eigenvalue weighted by atomic mass is 16.3. The van der Waals surface area contributed by atoms with E-state index in [1.165, 1.54) is 12.8 Å². The lowest BCUT2D eigenvalue weighted by atomic mass is 9.74. The van der Waals surface area contributed by atoms with E-state index < -0.39 is 0 Å². The standard InChI is InChI=1S/C9H18O/c1-6-4-5-7(2)9(10)8(6)3/h6-10H,4-5H2,1-3H3/t6-,7+,8-,9-/m1/s1. The maximum Gasteiger partial charge on any atom is 0.0593 e. The zero-order chi connectivity index (χ0) is 7.72. The summed E-state index contributed by atoms with van der Waals surface area (Å²) in [5.74, 6) is 1.74. The van der Waals surface area contributed by atoms with Crippen molar-refractivity contribution in [1.29, 1.82) is 0 Å². The molecule has 1 aliphatic carbocycles. The molecule has 1 aliphatic rings. The van der Waals surface area contributed by atoms with E-state index in [2.05, 4.69) is 20.8 Å². The van der Waals surface area contributed by atoms with Gasteiger partial charge >= 0.3 is 0 Å². The monoisotopic (exact) mass is 142 g/mol. The van der Waals surface area contributed by atoms with Gasteiger partial charge in [0.25, 0.3) is 0 Å². The maximum absolute atomic E-state index is 9.62. The van der Waals surface area contributed by atoms with Crippen molar-refractivity contribution < 1.29 is 5.11 Å². The van der Waals surface area contributed by atoms with Gasteiger partial charge in [-0.1, -0.05) is 27.2 Å². The minimum absolute atomic E-state index is 0.0521. The first kappa shape index (κ1) is 8.06. The fourth-order valence-electron chi connectivity index (χ4n) is 1.81. The third kappa shape index (κ3) is 1.34. The Morgan fingerprint density at radius 3 is 2.00 bits per heavy atom. The van der Waals surface area contributed by atoms with Crippen molar-refractivity contribution in [2.75, 3.05) is 0 Å². The summed E-state index contributed by atoms with van der Waals surface area (Å²) in [6, 6.07) is 0. The maximum atomic E-state index is 9.62. The number of aliphatic hydroxyl groups excluding tert-OH is 1. The zero-order valence-corrected chi connectivity index (χ0v) is 7.17. The molecule has 1 nitrogen and oxygen atoms in total. The molecule has 0 amide bonds. The quantitative estimate of drug-likeness (QED) is 0.549. The summed E-state index contributed by atoms with van der Waals surface area (Å²) in [6.07, 6.45) is 2.44. The Balaban J connectivity index is 2.52. The van der Waals surface area contributed by atoms with Gasteiger partial charge in [0.2, 0.25) is 0 Å². The molecule has 0 unspecified atom stereocenters. The van der Waals surface area contributed by atoms with E-state index in [9.17, 15) is 5.11 Å². The molecule has 1 fully saturated rings. The van der Waals surface area contributed by atoms with Gasteiger partial charge in [-0.05, 0) is 24.2 Å². The number of aliphatic hydroxyl groups is 1. The second kappa shape index (κ2) is 2.91. The lowest BCUT2D eigenvalue weighted by Gasteiger charge is -2.35. The first-order chi connectivity index (χ1) is 4.63. The van der Waals surface area contributed by atoms with E-state index in [1.807, 2.05) is 0 Å². The molecule has 0 aliphatic heterocycles.